The third-order valence-electron chi connectivity index (χ3n) is 3.78. The quantitative estimate of drug-likeness (QED) is 0.573. The van der Waals surface area contributed by atoms with Gasteiger partial charge in [-0.2, -0.15) is 0 Å². The lowest BCUT2D eigenvalue weighted by Crippen LogP contribution is -2.47. The summed E-state index contributed by atoms with van der Waals surface area (Å²) in [6.45, 7) is 5.81. The molecule has 1 heterocycles. The summed E-state index contributed by atoms with van der Waals surface area (Å²) in [4.78, 5) is 6.43. The molecular formula is C13H24F2N4O. The van der Waals surface area contributed by atoms with Crippen LogP contribution < -0.4 is 10.6 Å². The van der Waals surface area contributed by atoms with Crippen LogP contribution in [0.25, 0.3) is 0 Å². The van der Waals surface area contributed by atoms with Crippen LogP contribution in [0.2, 0.25) is 0 Å². The summed E-state index contributed by atoms with van der Waals surface area (Å²) in [5.41, 5.74) is 0. The Kier molecular flexibility index (Phi) is 5.54. The zero-order valence-electron chi connectivity index (χ0n) is 12.0. The lowest BCUT2D eigenvalue weighted by atomic mass is 9.81. The number of rotatable bonds is 5. The van der Waals surface area contributed by atoms with Gasteiger partial charge < -0.3 is 15.4 Å². The topological polar surface area (TPSA) is 48.9 Å². The largest absolute Gasteiger partial charge is 0.379 e. The average Bonchev–Trinajstić information content (AvgIpc) is 2.41. The van der Waals surface area contributed by atoms with Gasteiger partial charge >= 0.3 is 0 Å². The summed E-state index contributed by atoms with van der Waals surface area (Å²) in [6, 6.07) is 0. The minimum absolute atomic E-state index is 0.00915. The third-order valence-corrected chi connectivity index (χ3v) is 3.78. The molecule has 1 aliphatic heterocycles. The summed E-state index contributed by atoms with van der Waals surface area (Å²) in [6.07, 6.45) is -0.0183. The number of morpholine rings is 1. The van der Waals surface area contributed by atoms with Gasteiger partial charge in [0, 0.05) is 52.6 Å². The molecule has 0 bridgehead atoms. The van der Waals surface area contributed by atoms with Crippen molar-refractivity contribution in [2.45, 2.75) is 18.8 Å². The zero-order chi connectivity index (χ0) is 14.4. The lowest BCUT2D eigenvalue weighted by Gasteiger charge is -2.35. The summed E-state index contributed by atoms with van der Waals surface area (Å²) < 4.78 is 30.7. The van der Waals surface area contributed by atoms with E-state index in [1.807, 2.05) is 0 Å². The highest BCUT2D eigenvalue weighted by Gasteiger charge is 2.44. The van der Waals surface area contributed by atoms with Gasteiger partial charge in [0.05, 0.1) is 13.2 Å². The monoisotopic (exact) mass is 290 g/mol. The number of halogens is 2. The minimum Gasteiger partial charge on any atom is -0.379 e. The summed E-state index contributed by atoms with van der Waals surface area (Å²) >= 11 is 0. The van der Waals surface area contributed by atoms with Crippen LogP contribution >= 0.6 is 0 Å². The molecule has 7 heteroatoms. The van der Waals surface area contributed by atoms with Crippen LogP contribution in [0.1, 0.15) is 12.8 Å². The molecule has 0 aromatic heterocycles. The molecule has 0 radical (unpaired) electrons. The molecule has 0 amide bonds. The van der Waals surface area contributed by atoms with Crippen molar-refractivity contribution in [3.8, 4) is 0 Å². The van der Waals surface area contributed by atoms with Crippen LogP contribution in [0, 0.1) is 5.92 Å². The van der Waals surface area contributed by atoms with Crippen molar-refractivity contribution < 1.29 is 13.5 Å². The third kappa shape index (κ3) is 4.86. The second kappa shape index (κ2) is 7.17. The number of nitrogens with one attached hydrogen (secondary N) is 2. The van der Waals surface area contributed by atoms with E-state index in [4.69, 9.17) is 4.74 Å². The molecule has 0 aromatic carbocycles. The van der Waals surface area contributed by atoms with Crippen LogP contribution in [0.4, 0.5) is 8.78 Å². The molecule has 0 atom stereocenters. The fourth-order valence-electron chi connectivity index (χ4n) is 2.55. The number of guanidine groups is 1. The number of hydrogen-bond acceptors (Lipinski definition) is 3. The van der Waals surface area contributed by atoms with Crippen molar-refractivity contribution in [1.82, 2.24) is 15.5 Å². The fraction of sp³-hybridized carbons (Fsp3) is 0.923. The van der Waals surface area contributed by atoms with Gasteiger partial charge in [0.15, 0.2) is 5.96 Å². The van der Waals surface area contributed by atoms with E-state index in [1.54, 1.807) is 7.05 Å². The van der Waals surface area contributed by atoms with E-state index >= 15 is 0 Å². The summed E-state index contributed by atoms with van der Waals surface area (Å²) in [5.74, 6) is -1.70. The van der Waals surface area contributed by atoms with Gasteiger partial charge in [-0.05, 0) is 5.92 Å². The molecule has 1 saturated heterocycles. The van der Waals surface area contributed by atoms with Crippen LogP contribution in [-0.4, -0.2) is 69.8 Å². The molecular weight excluding hydrogens is 266 g/mol. The van der Waals surface area contributed by atoms with Crippen molar-refractivity contribution in [2.75, 3.05) is 53.0 Å². The Hall–Kier alpha value is -0.950. The van der Waals surface area contributed by atoms with Crippen LogP contribution in [0.5, 0.6) is 0 Å². The molecule has 0 aromatic rings. The number of hydrogen-bond donors (Lipinski definition) is 2. The van der Waals surface area contributed by atoms with E-state index in [1.165, 1.54) is 0 Å². The Morgan fingerprint density at radius 1 is 1.30 bits per heavy atom. The lowest BCUT2D eigenvalue weighted by molar-refractivity contribution is -0.108. The van der Waals surface area contributed by atoms with Crippen molar-refractivity contribution in [3.63, 3.8) is 0 Å². The van der Waals surface area contributed by atoms with Crippen LogP contribution in [0.15, 0.2) is 4.99 Å². The van der Waals surface area contributed by atoms with Gasteiger partial charge in [-0.1, -0.05) is 0 Å². The van der Waals surface area contributed by atoms with E-state index in [0.29, 0.717) is 12.5 Å². The molecule has 116 valence electrons. The molecule has 0 spiro atoms. The van der Waals surface area contributed by atoms with E-state index < -0.39 is 5.92 Å². The first-order valence-electron chi connectivity index (χ1n) is 7.21. The van der Waals surface area contributed by atoms with Gasteiger partial charge in [0.2, 0.25) is 5.92 Å². The van der Waals surface area contributed by atoms with Crippen LogP contribution in [-0.2, 0) is 4.74 Å². The van der Waals surface area contributed by atoms with Gasteiger partial charge in [-0.3, -0.25) is 9.89 Å². The highest BCUT2D eigenvalue weighted by atomic mass is 19.3. The smallest absolute Gasteiger partial charge is 0.248 e. The predicted octanol–water partition coefficient (Wildman–Crippen LogP) is 0.529. The number of aliphatic imine (C=N–C) groups is 1. The molecule has 2 N–H and O–H groups in total. The van der Waals surface area contributed by atoms with E-state index in [2.05, 4.69) is 20.5 Å². The maximum atomic E-state index is 12.7. The SMILES string of the molecule is CN=C(NCCN1CCOCC1)NCC1CC(F)(F)C1. The molecule has 2 aliphatic rings. The minimum atomic E-state index is -2.44. The number of ether oxygens (including phenoxy) is 1. The molecule has 20 heavy (non-hydrogen) atoms. The first-order valence-corrected chi connectivity index (χ1v) is 7.21. The Balaban J connectivity index is 1.56. The molecule has 2 rings (SSSR count). The van der Waals surface area contributed by atoms with Gasteiger partial charge in [-0.25, -0.2) is 8.78 Å². The second-order valence-corrected chi connectivity index (χ2v) is 5.46. The average molecular weight is 290 g/mol. The fourth-order valence-corrected chi connectivity index (χ4v) is 2.55. The molecule has 1 saturated carbocycles. The zero-order valence-corrected chi connectivity index (χ0v) is 12.0. The molecule has 1 aliphatic carbocycles. The highest BCUT2D eigenvalue weighted by Crippen LogP contribution is 2.41. The number of alkyl halides is 2. The summed E-state index contributed by atoms with van der Waals surface area (Å²) in [7, 11) is 1.69. The van der Waals surface area contributed by atoms with Gasteiger partial charge in [-0.15, -0.1) is 0 Å². The Morgan fingerprint density at radius 3 is 2.60 bits per heavy atom. The van der Waals surface area contributed by atoms with Crippen molar-refractivity contribution in [1.29, 1.82) is 0 Å². The Morgan fingerprint density at radius 2 is 2.00 bits per heavy atom. The van der Waals surface area contributed by atoms with Gasteiger partial charge in [0.1, 0.15) is 0 Å². The van der Waals surface area contributed by atoms with E-state index in [0.717, 1.165) is 39.4 Å². The normalized spacial score (nSPS) is 24.2. The highest BCUT2D eigenvalue weighted by molar-refractivity contribution is 5.79. The van der Waals surface area contributed by atoms with E-state index in [-0.39, 0.29) is 18.8 Å². The molecule has 2 fully saturated rings. The van der Waals surface area contributed by atoms with Crippen LogP contribution in [0.3, 0.4) is 0 Å². The maximum absolute atomic E-state index is 12.7. The molecule has 5 nitrogen and oxygen atoms in total. The molecule has 0 unspecified atom stereocenters. The Labute approximate surface area is 118 Å². The summed E-state index contributed by atoms with van der Waals surface area (Å²) in [5, 5.41) is 6.32. The van der Waals surface area contributed by atoms with Crippen molar-refractivity contribution in [2.24, 2.45) is 10.9 Å². The standard InChI is InChI=1S/C13H24F2N4O/c1-16-12(18-10-11-8-13(14,15)9-11)17-2-3-19-4-6-20-7-5-19/h11H,2-10H2,1H3,(H2,16,17,18). The second-order valence-electron chi connectivity index (χ2n) is 5.46. The first-order chi connectivity index (χ1) is 9.59. The van der Waals surface area contributed by atoms with Gasteiger partial charge in [0.25, 0.3) is 0 Å². The maximum Gasteiger partial charge on any atom is 0.248 e. The predicted molar refractivity (Wildman–Crippen MR) is 74.3 cm³/mol. The number of nitrogens with zero attached hydrogens (tertiary/aromatic N) is 2. The van der Waals surface area contributed by atoms with Crippen molar-refractivity contribution >= 4 is 5.96 Å². The Bertz CT molecular complexity index is 324. The van der Waals surface area contributed by atoms with E-state index in [9.17, 15) is 8.78 Å². The first kappa shape index (κ1) is 15.4. The van der Waals surface area contributed by atoms with Crippen molar-refractivity contribution in [3.05, 3.63) is 0 Å².